The Hall–Kier alpha value is -3.21. The molecule has 1 heterocycles. The molecule has 0 spiro atoms. The molecule has 0 saturated heterocycles. The van der Waals surface area contributed by atoms with Gasteiger partial charge in [-0.25, -0.2) is 0 Å². The smallest absolute Gasteiger partial charge is 0.256 e. The van der Waals surface area contributed by atoms with E-state index in [1.54, 1.807) is 12.1 Å². The first kappa shape index (κ1) is 17.6. The highest BCUT2D eigenvalue weighted by Crippen LogP contribution is 2.13. The predicted octanol–water partition coefficient (Wildman–Crippen LogP) is 4.27. The molecule has 1 amide bonds. The summed E-state index contributed by atoms with van der Waals surface area (Å²) in [7, 11) is 0. The highest BCUT2D eigenvalue weighted by atomic mass is 16.1. The van der Waals surface area contributed by atoms with Gasteiger partial charge in [-0.05, 0) is 61.7 Å². The number of nitrogens with one attached hydrogen (secondary N) is 2. The Balaban J connectivity index is 1.60. The minimum atomic E-state index is -0.192. The summed E-state index contributed by atoms with van der Waals surface area (Å²) in [5.74, 6) is 0.896. The van der Waals surface area contributed by atoms with E-state index in [0.717, 1.165) is 11.1 Å². The summed E-state index contributed by atoms with van der Waals surface area (Å²) in [6, 6.07) is 17.4. The highest BCUT2D eigenvalue weighted by Gasteiger charge is 2.08. The fourth-order valence-electron chi connectivity index (χ4n) is 2.58. The maximum Gasteiger partial charge on any atom is 0.256 e. The van der Waals surface area contributed by atoms with Gasteiger partial charge in [0.15, 0.2) is 5.82 Å². The van der Waals surface area contributed by atoms with Gasteiger partial charge in [0.2, 0.25) is 0 Å². The number of hydrogen-bond donors (Lipinski definition) is 2. The lowest BCUT2D eigenvalue weighted by molar-refractivity contribution is 0.102. The topological polar surface area (TPSA) is 66.9 Å². The van der Waals surface area contributed by atoms with E-state index in [1.165, 1.54) is 11.1 Å². The molecule has 0 atom stereocenters. The van der Waals surface area contributed by atoms with Gasteiger partial charge in [-0.3, -0.25) is 4.79 Å². The van der Waals surface area contributed by atoms with Gasteiger partial charge < -0.3 is 10.6 Å². The summed E-state index contributed by atoms with van der Waals surface area (Å²) in [5.41, 5.74) is 5.25. The Kier molecular flexibility index (Phi) is 5.27. The predicted molar refractivity (Wildman–Crippen MR) is 104 cm³/mol. The first-order chi connectivity index (χ1) is 12.5. The maximum atomic E-state index is 12.3. The molecule has 0 aliphatic carbocycles. The molecule has 0 fully saturated rings. The van der Waals surface area contributed by atoms with Gasteiger partial charge in [-0.1, -0.05) is 35.9 Å². The van der Waals surface area contributed by atoms with Gasteiger partial charge in [0.05, 0.1) is 0 Å². The van der Waals surface area contributed by atoms with E-state index in [0.29, 0.717) is 23.7 Å². The first-order valence-electron chi connectivity index (χ1n) is 8.53. The van der Waals surface area contributed by atoms with Crippen molar-refractivity contribution >= 4 is 17.5 Å². The molecule has 0 unspecified atom stereocenters. The molecule has 5 heteroatoms. The van der Waals surface area contributed by atoms with Crippen LogP contribution in [0.1, 0.15) is 32.6 Å². The fourth-order valence-corrected chi connectivity index (χ4v) is 2.58. The third kappa shape index (κ3) is 4.45. The molecular formula is C21H22N4O. The van der Waals surface area contributed by atoms with Crippen LogP contribution in [0.15, 0.2) is 54.6 Å². The van der Waals surface area contributed by atoms with Crippen LogP contribution >= 0.6 is 0 Å². The number of amides is 1. The van der Waals surface area contributed by atoms with Crippen LogP contribution in [0.3, 0.4) is 0 Å². The third-order valence-corrected chi connectivity index (χ3v) is 4.23. The summed E-state index contributed by atoms with van der Waals surface area (Å²) < 4.78 is 0. The van der Waals surface area contributed by atoms with Crippen molar-refractivity contribution in [3.63, 3.8) is 0 Å². The number of carbonyl (C=O) groups is 1. The van der Waals surface area contributed by atoms with Gasteiger partial charge >= 0.3 is 0 Å². The van der Waals surface area contributed by atoms with E-state index >= 15 is 0 Å². The van der Waals surface area contributed by atoms with Crippen LogP contribution in [0, 0.1) is 20.8 Å². The molecule has 3 aromatic rings. The SMILES string of the molecule is Cc1cccc(CNc2ccc(NC(=O)c3ccc(C)c(C)c3)nn2)c1. The van der Waals surface area contributed by atoms with Crippen LogP contribution in [-0.4, -0.2) is 16.1 Å². The fraction of sp³-hybridized carbons (Fsp3) is 0.190. The molecule has 0 radical (unpaired) electrons. The van der Waals surface area contributed by atoms with E-state index < -0.39 is 0 Å². The number of carbonyl (C=O) groups excluding carboxylic acids is 1. The molecule has 3 rings (SSSR count). The number of aryl methyl sites for hydroxylation is 3. The van der Waals surface area contributed by atoms with Gasteiger partial charge in [-0.2, -0.15) is 0 Å². The van der Waals surface area contributed by atoms with Gasteiger partial charge in [0.1, 0.15) is 5.82 Å². The summed E-state index contributed by atoms with van der Waals surface area (Å²) >= 11 is 0. The van der Waals surface area contributed by atoms with Crippen LogP contribution < -0.4 is 10.6 Å². The molecule has 5 nitrogen and oxygen atoms in total. The average Bonchev–Trinajstić information content (AvgIpc) is 2.63. The van der Waals surface area contributed by atoms with Crippen molar-refractivity contribution in [1.82, 2.24) is 10.2 Å². The summed E-state index contributed by atoms with van der Waals surface area (Å²) in [6.45, 7) is 6.74. The normalized spacial score (nSPS) is 10.4. The van der Waals surface area contributed by atoms with E-state index in [4.69, 9.17) is 0 Å². The van der Waals surface area contributed by atoms with Crippen LogP contribution in [0.4, 0.5) is 11.6 Å². The lowest BCUT2D eigenvalue weighted by Crippen LogP contribution is -2.14. The molecule has 0 aliphatic heterocycles. The highest BCUT2D eigenvalue weighted by molar-refractivity contribution is 6.03. The van der Waals surface area contributed by atoms with Crippen molar-refractivity contribution in [3.05, 3.63) is 82.4 Å². The molecular weight excluding hydrogens is 324 g/mol. The monoisotopic (exact) mass is 346 g/mol. The summed E-state index contributed by atoms with van der Waals surface area (Å²) in [6.07, 6.45) is 0. The minimum Gasteiger partial charge on any atom is -0.365 e. The second-order valence-corrected chi connectivity index (χ2v) is 6.40. The number of rotatable bonds is 5. The van der Waals surface area contributed by atoms with Crippen molar-refractivity contribution in [2.45, 2.75) is 27.3 Å². The number of nitrogens with zero attached hydrogens (tertiary/aromatic N) is 2. The Morgan fingerprint density at radius 1 is 0.885 bits per heavy atom. The van der Waals surface area contributed by atoms with E-state index in [1.807, 2.05) is 38.1 Å². The molecule has 0 saturated carbocycles. The van der Waals surface area contributed by atoms with Gasteiger partial charge in [0.25, 0.3) is 5.91 Å². The molecule has 0 aliphatic rings. The lowest BCUT2D eigenvalue weighted by Gasteiger charge is -2.08. The largest absolute Gasteiger partial charge is 0.365 e. The van der Waals surface area contributed by atoms with Crippen molar-refractivity contribution < 1.29 is 4.79 Å². The minimum absolute atomic E-state index is 0.192. The van der Waals surface area contributed by atoms with E-state index in [9.17, 15) is 4.79 Å². The van der Waals surface area contributed by atoms with Crippen molar-refractivity contribution in [2.75, 3.05) is 10.6 Å². The zero-order chi connectivity index (χ0) is 18.5. The van der Waals surface area contributed by atoms with Crippen LogP contribution in [-0.2, 0) is 6.54 Å². The Morgan fingerprint density at radius 2 is 1.65 bits per heavy atom. The average molecular weight is 346 g/mol. The molecule has 1 aromatic heterocycles. The Morgan fingerprint density at radius 3 is 2.35 bits per heavy atom. The number of anilines is 2. The zero-order valence-corrected chi connectivity index (χ0v) is 15.2. The van der Waals surface area contributed by atoms with Crippen LogP contribution in [0.2, 0.25) is 0 Å². The van der Waals surface area contributed by atoms with Crippen LogP contribution in [0.5, 0.6) is 0 Å². The van der Waals surface area contributed by atoms with Crippen molar-refractivity contribution in [3.8, 4) is 0 Å². The summed E-state index contributed by atoms with van der Waals surface area (Å²) in [5, 5.41) is 14.2. The molecule has 0 bridgehead atoms. The first-order valence-corrected chi connectivity index (χ1v) is 8.53. The molecule has 132 valence electrons. The lowest BCUT2D eigenvalue weighted by atomic mass is 10.1. The molecule has 26 heavy (non-hydrogen) atoms. The zero-order valence-electron chi connectivity index (χ0n) is 15.2. The maximum absolute atomic E-state index is 12.3. The van der Waals surface area contributed by atoms with E-state index in [2.05, 4.69) is 46.0 Å². The summed E-state index contributed by atoms with van der Waals surface area (Å²) in [4.78, 5) is 12.3. The number of aromatic nitrogens is 2. The Bertz CT molecular complexity index is 920. The van der Waals surface area contributed by atoms with Crippen molar-refractivity contribution in [1.29, 1.82) is 0 Å². The molecule has 2 aromatic carbocycles. The second-order valence-electron chi connectivity index (χ2n) is 6.40. The quantitative estimate of drug-likeness (QED) is 0.724. The van der Waals surface area contributed by atoms with Crippen LogP contribution in [0.25, 0.3) is 0 Å². The van der Waals surface area contributed by atoms with Crippen molar-refractivity contribution in [2.24, 2.45) is 0 Å². The second kappa shape index (κ2) is 7.78. The third-order valence-electron chi connectivity index (χ3n) is 4.23. The molecule has 2 N–H and O–H groups in total. The number of hydrogen-bond acceptors (Lipinski definition) is 4. The standard InChI is InChI=1S/C21H22N4O/c1-14-5-4-6-17(11-14)13-22-19-9-10-20(25-24-19)23-21(26)18-8-7-15(2)16(3)12-18/h4-12H,13H2,1-3H3,(H,22,24)(H,23,25,26). The Labute approximate surface area is 153 Å². The van der Waals surface area contributed by atoms with E-state index in [-0.39, 0.29) is 5.91 Å². The van der Waals surface area contributed by atoms with Gasteiger partial charge in [0, 0.05) is 12.1 Å². The number of benzene rings is 2. The van der Waals surface area contributed by atoms with Gasteiger partial charge in [-0.15, -0.1) is 10.2 Å².